The van der Waals surface area contributed by atoms with E-state index in [-0.39, 0.29) is 5.76 Å². The van der Waals surface area contributed by atoms with E-state index in [2.05, 4.69) is 4.98 Å². The van der Waals surface area contributed by atoms with Gasteiger partial charge in [0.05, 0.1) is 5.69 Å². The number of rotatable bonds is 3. The molecule has 0 amide bonds. The Bertz CT molecular complexity index is 378. The zero-order chi connectivity index (χ0) is 11.5. The van der Waals surface area contributed by atoms with Gasteiger partial charge in [0.2, 0.25) is 5.76 Å². The minimum atomic E-state index is -1.03. The zero-order valence-electron chi connectivity index (χ0n) is 9.53. The van der Waals surface area contributed by atoms with Crippen LogP contribution in [0.3, 0.4) is 0 Å². The van der Waals surface area contributed by atoms with Crippen molar-refractivity contribution in [3.63, 3.8) is 0 Å². The minimum Gasteiger partial charge on any atom is -0.475 e. The van der Waals surface area contributed by atoms with Gasteiger partial charge in [-0.3, -0.25) is 0 Å². The molecule has 1 aliphatic carbocycles. The van der Waals surface area contributed by atoms with E-state index in [0.717, 1.165) is 6.42 Å². The molecule has 0 spiro atoms. The summed E-state index contributed by atoms with van der Waals surface area (Å²) in [6.45, 7) is 1.68. The van der Waals surface area contributed by atoms with Gasteiger partial charge in [-0.05, 0) is 25.7 Å². The Morgan fingerprint density at radius 3 is 2.69 bits per heavy atom. The Balaban J connectivity index is 2.03. The fourth-order valence-electron chi connectivity index (χ4n) is 2.38. The van der Waals surface area contributed by atoms with Crippen LogP contribution in [0, 0.1) is 12.8 Å². The molecule has 0 radical (unpaired) electrons. The van der Waals surface area contributed by atoms with Gasteiger partial charge in [0.1, 0.15) is 0 Å². The summed E-state index contributed by atoms with van der Waals surface area (Å²) in [6, 6.07) is 0. The van der Waals surface area contributed by atoms with E-state index in [0.29, 0.717) is 17.5 Å². The maximum Gasteiger partial charge on any atom is 0.373 e. The molecule has 0 aliphatic heterocycles. The van der Waals surface area contributed by atoms with Crippen molar-refractivity contribution in [2.24, 2.45) is 5.92 Å². The van der Waals surface area contributed by atoms with Gasteiger partial charge in [-0.25, -0.2) is 9.78 Å². The smallest absolute Gasteiger partial charge is 0.373 e. The summed E-state index contributed by atoms with van der Waals surface area (Å²) < 4.78 is 5.27. The number of hydrogen-bond donors (Lipinski definition) is 1. The van der Waals surface area contributed by atoms with Crippen LogP contribution in [-0.4, -0.2) is 16.1 Å². The fraction of sp³-hybridized carbons (Fsp3) is 0.667. The van der Waals surface area contributed by atoms with Crippen LogP contribution in [-0.2, 0) is 6.42 Å². The summed E-state index contributed by atoms with van der Waals surface area (Å²) in [5.74, 6) is 0.168. The van der Waals surface area contributed by atoms with Crippen molar-refractivity contribution >= 4 is 5.97 Å². The lowest BCUT2D eigenvalue weighted by molar-refractivity contribution is 0.0658. The van der Waals surface area contributed by atoms with E-state index in [1.54, 1.807) is 6.92 Å². The van der Waals surface area contributed by atoms with Gasteiger partial charge in [0.25, 0.3) is 0 Å². The summed E-state index contributed by atoms with van der Waals surface area (Å²) >= 11 is 0. The molecule has 2 rings (SSSR count). The van der Waals surface area contributed by atoms with Gasteiger partial charge in [0, 0.05) is 6.42 Å². The van der Waals surface area contributed by atoms with E-state index in [9.17, 15) is 4.79 Å². The average molecular weight is 223 g/mol. The van der Waals surface area contributed by atoms with Crippen LogP contribution in [0.2, 0.25) is 0 Å². The predicted octanol–water partition coefficient (Wildman–Crippen LogP) is 2.80. The first-order chi connectivity index (χ1) is 7.66. The Hall–Kier alpha value is -1.32. The highest BCUT2D eigenvalue weighted by Gasteiger charge is 2.20. The van der Waals surface area contributed by atoms with E-state index in [4.69, 9.17) is 9.52 Å². The Morgan fingerprint density at radius 1 is 1.44 bits per heavy atom. The van der Waals surface area contributed by atoms with Gasteiger partial charge in [-0.2, -0.15) is 0 Å². The van der Waals surface area contributed by atoms with Crippen molar-refractivity contribution < 1.29 is 14.3 Å². The molecule has 88 valence electrons. The summed E-state index contributed by atoms with van der Waals surface area (Å²) in [6.07, 6.45) is 7.08. The summed E-state index contributed by atoms with van der Waals surface area (Å²) in [7, 11) is 0. The quantitative estimate of drug-likeness (QED) is 0.855. The first-order valence-electron chi connectivity index (χ1n) is 5.86. The molecule has 1 N–H and O–H groups in total. The molecule has 1 saturated carbocycles. The van der Waals surface area contributed by atoms with Crippen LogP contribution in [0.25, 0.3) is 0 Å². The first kappa shape index (κ1) is 11.2. The average Bonchev–Trinajstić information content (AvgIpc) is 2.61. The molecule has 1 aliphatic rings. The number of carboxylic acid groups (broad SMARTS) is 1. The topological polar surface area (TPSA) is 63.3 Å². The molecule has 4 nitrogen and oxygen atoms in total. The third kappa shape index (κ3) is 2.43. The lowest BCUT2D eigenvalue weighted by Crippen LogP contribution is -2.09. The van der Waals surface area contributed by atoms with Crippen molar-refractivity contribution in [1.29, 1.82) is 0 Å². The molecule has 0 aromatic carbocycles. The van der Waals surface area contributed by atoms with Crippen molar-refractivity contribution in [2.45, 2.75) is 45.4 Å². The molecule has 16 heavy (non-hydrogen) atoms. The van der Waals surface area contributed by atoms with E-state index in [1.165, 1.54) is 32.1 Å². The minimum absolute atomic E-state index is 0.00851. The molecular formula is C12H17NO3. The van der Waals surface area contributed by atoms with Gasteiger partial charge >= 0.3 is 5.97 Å². The second kappa shape index (κ2) is 4.68. The van der Waals surface area contributed by atoms with Gasteiger partial charge in [-0.15, -0.1) is 0 Å². The number of nitrogens with zero attached hydrogens (tertiary/aromatic N) is 1. The summed E-state index contributed by atoms with van der Waals surface area (Å²) in [4.78, 5) is 15.0. The largest absolute Gasteiger partial charge is 0.475 e. The standard InChI is InChI=1S/C12H17NO3/c1-8-11(12(14)15)16-10(13-8)7-9-5-3-2-4-6-9/h9H,2-7H2,1H3,(H,14,15). The molecule has 0 saturated heterocycles. The molecular weight excluding hydrogens is 206 g/mol. The fourth-order valence-corrected chi connectivity index (χ4v) is 2.38. The molecule has 1 heterocycles. The predicted molar refractivity (Wildman–Crippen MR) is 58.5 cm³/mol. The van der Waals surface area contributed by atoms with Crippen molar-refractivity contribution in [3.05, 3.63) is 17.3 Å². The first-order valence-corrected chi connectivity index (χ1v) is 5.86. The molecule has 0 unspecified atom stereocenters. The number of aromatic nitrogens is 1. The monoisotopic (exact) mass is 223 g/mol. The highest BCUT2D eigenvalue weighted by Crippen LogP contribution is 2.27. The Morgan fingerprint density at radius 2 is 2.12 bits per heavy atom. The highest BCUT2D eigenvalue weighted by molar-refractivity contribution is 5.85. The maximum absolute atomic E-state index is 10.8. The van der Waals surface area contributed by atoms with Crippen LogP contribution in [0.4, 0.5) is 0 Å². The van der Waals surface area contributed by atoms with Crippen LogP contribution in [0.5, 0.6) is 0 Å². The number of aryl methyl sites for hydroxylation is 1. The van der Waals surface area contributed by atoms with Crippen molar-refractivity contribution in [2.75, 3.05) is 0 Å². The SMILES string of the molecule is Cc1nc(CC2CCCCC2)oc1C(=O)O. The number of aromatic carboxylic acids is 1. The van der Waals surface area contributed by atoms with E-state index < -0.39 is 5.97 Å². The Kier molecular flexibility index (Phi) is 3.27. The van der Waals surface area contributed by atoms with Crippen LogP contribution in [0.1, 0.15) is 54.2 Å². The second-order valence-electron chi connectivity index (χ2n) is 4.54. The van der Waals surface area contributed by atoms with Gasteiger partial charge in [0.15, 0.2) is 5.89 Å². The highest BCUT2D eigenvalue weighted by atomic mass is 16.4. The molecule has 0 bridgehead atoms. The van der Waals surface area contributed by atoms with Crippen molar-refractivity contribution in [1.82, 2.24) is 4.98 Å². The summed E-state index contributed by atoms with van der Waals surface area (Å²) in [5, 5.41) is 8.85. The number of carboxylic acids is 1. The summed E-state index contributed by atoms with van der Waals surface area (Å²) in [5.41, 5.74) is 0.485. The number of hydrogen-bond acceptors (Lipinski definition) is 3. The van der Waals surface area contributed by atoms with Gasteiger partial charge < -0.3 is 9.52 Å². The van der Waals surface area contributed by atoms with Crippen LogP contribution >= 0.6 is 0 Å². The van der Waals surface area contributed by atoms with E-state index >= 15 is 0 Å². The molecule has 1 aromatic heterocycles. The van der Waals surface area contributed by atoms with Crippen LogP contribution in [0.15, 0.2) is 4.42 Å². The third-order valence-corrected chi connectivity index (χ3v) is 3.22. The molecule has 0 atom stereocenters. The zero-order valence-corrected chi connectivity index (χ0v) is 9.53. The van der Waals surface area contributed by atoms with Crippen molar-refractivity contribution in [3.8, 4) is 0 Å². The lowest BCUT2D eigenvalue weighted by atomic mass is 9.87. The second-order valence-corrected chi connectivity index (χ2v) is 4.54. The van der Waals surface area contributed by atoms with E-state index in [1.807, 2.05) is 0 Å². The maximum atomic E-state index is 10.8. The molecule has 4 heteroatoms. The number of oxazole rings is 1. The third-order valence-electron chi connectivity index (χ3n) is 3.22. The Labute approximate surface area is 94.7 Å². The van der Waals surface area contributed by atoms with Crippen LogP contribution < -0.4 is 0 Å². The normalized spacial score (nSPS) is 17.6. The molecule has 1 fully saturated rings. The van der Waals surface area contributed by atoms with Gasteiger partial charge in [-0.1, -0.05) is 19.3 Å². The molecule has 1 aromatic rings. The number of carbonyl (C=O) groups is 1. The lowest BCUT2D eigenvalue weighted by Gasteiger charge is -2.19.